The molecule has 1 aliphatic rings. The monoisotopic (exact) mass is 439 g/mol. The summed E-state index contributed by atoms with van der Waals surface area (Å²) in [4.78, 5) is 26.4. The van der Waals surface area contributed by atoms with Crippen LogP contribution in [0, 0.1) is 16.0 Å². The summed E-state index contributed by atoms with van der Waals surface area (Å²) in [6, 6.07) is 12.1. The van der Waals surface area contributed by atoms with E-state index in [1.165, 1.54) is 25.3 Å². The minimum absolute atomic E-state index is 0.0886. The lowest BCUT2D eigenvalue weighted by Crippen LogP contribution is -2.38. The van der Waals surface area contributed by atoms with Gasteiger partial charge in [0, 0.05) is 25.1 Å². The van der Waals surface area contributed by atoms with Crippen molar-refractivity contribution in [3.63, 3.8) is 0 Å². The first-order chi connectivity index (χ1) is 15.0. The smallest absolute Gasteiger partial charge is 0.273 e. The maximum absolute atomic E-state index is 12.7. The van der Waals surface area contributed by atoms with Crippen LogP contribution in [0.4, 0.5) is 17.2 Å². The number of ether oxygens (including phenoxy) is 1. The quantitative estimate of drug-likeness (QED) is 0.457. The summed E-state index contributed by atoms with van der Waals surface area (Å²) >= 11 is 1.62. The first-order valence-corrected chi connectivity index (χ1v) is 10.7. The Kier molecular flexibility index (Phi) is 6.08. The number of piperidine rings is 1. The largest absolute Gasteiger partial charge is 0.494 e. The van der Waals surface area contributed by atoms with Crippen molar-refractivity contribution in [2.75, 3.05) is 30.4 Å². The van der Waals surface area contributed by atoms with Crippen molar-refractivity contribution in [3.05, 3.63) is 58.0 Å². The predicted octanol–water partition coefficient (Wildman–Crippen LogP) is 3.98. The third-order valence-corrected chi connectivity index (χ3v) is 6.16. The summed E-state index contributed by atoms with van der Waals surface area (Å²) in [6.45, 7) is 1.39. The fourth-order valence-corrected chi connectivity index (χ4v) is 4.24. The standard InChI is InChI=1S/C21H21N5O4S/c1-30-18-13-15(26(28)29)4-5-16(18)22-21(27)14-8-10-25(11-9-14)20-7-6-17(23-24-20)19-3-2-12-31-19/h2-7,12-14H,8-11H2,1H3,(H,22,27). The zero-order valence-electron chi connectivity index (χ0n) is 16.9. The zero-order valence-corrected chi connectivity index (χ0v) is 17.7. The van der Waals surface area contributed by atoms with Gasteiger partial charge in [-0.2, -0.15) is 0 Å². The lowest BCUT2D eigenvalue weighted by Gasteiger charge is -2.31. The maximum Gasteiger partial charge on any atom is 0.273 e. The number of nitrogens with zero attached hydrogens (tertiary/aromatic N) is 4. The highest BCUT2D eigenvalue weighted by Crippen LogP contribution is 2.31. The molecule has 31 heavy (non-hydrogen) atoms. The van der Waals surface area contributed by atoms with Crippen LogP contribution >= 0.6 is 11.3 Å². The molecule has 1 fully saturated rings. The number of hydrogen-bond acceptors (Lipinski definition) is 8. The number of thiophene rings is 1. The van der Waals surface area contributed by atoms with Crippen molar-refractivity contribution in [2.24, 2.45) is 5.92 Å². The third-order valence-electron chi connectivity index (χ3n) is 5.27. The number of non-ortho nitro benzene ring substituents is 1. The number of anilines is 2. The molecule has 0 bridgehead atoms. The molecule has 2 aromatic heterocycles. The Morgan fingerprint density at radius 2 is 2.03 bits per heavy atom. The third kappa shape index (κ3) is 4.64. The number of methoxy groups -OCH3 is 1. The molecule has 4 rings (SSSR count). The van der Waals surface area contributed by atoms with Gasteiger partial charge in [-0.15, -0.1) is 21.5 Å². The number of nitro groups is 1. The van der Waals surface area contributed by atoms with E-state index in [-0.39, 0.29) is 23.3 Å². The molecule has 3 heterocycles. The Labute approximate surface area is 182 Å². The van der Waals surface area contributed by atoms with E-state index in [1.54, 1.807) is 11.3 Å². The van der Waals surface area contributed by atoms with Gasteiger partial charge in [-0.1, -0.05) is 6.07 Å². The molecule has 0 unspecified atom stereocenters. The van der Waals surface area contributed by atoms with E-state index in [0.29, 0.717) is 31.6 Å². The maximum atomic E-state index is 12.7. The van der Waals surface area contributed by atoms with Crippen LogP contribution in [-0.4, -0.2) is 41.2 Å². The van der Waals surface area contributed by atoms with Crippen molar-refractivity contribution in [1.29, 1.82) is 0 Å². The number of hydrogen-bond donors (Lipinski definition) is 1. The molecule has 0 aliphatic carbocycles. The average molecular weight is 439 g/mol. The van der Waals surface area contributed by atoms with Gasteiger partial charge in [0.05, 0.1) is 28.7 Å². The normalized spacial score (nSPS) is 14.3. The van der Waals surface area contributed by atoms with Gasteiger partial charge in [0.25, 0.3) is 5.69 Å². The Bertz CT molecular complexity index is 1060. The zero-order chi connectivity index (χ0) is 21.8. The first-order valence-electron chi connectivity index (χ1n) is 9.81. The number of carbonyl (C=O) groups is 1. The topological polar surface area (TPSA) is 110 Å². The molecule has 0 saturated carbocycles. The number of amides is 1. The Hall–Kier alpha value is -3.53. The molecule has 1 amide bonds. The predicted molar refractivity (Wildman–Crippen MR) is 119 cm³/mol. The number of aromatic nitrogens is 2. The Morgan fingerprint density at radius 3 is 2.65 bits per heavy atom. The number of rotatable bonds is 6. The van der Waals surface area contributed by atoms with E-state index in [0.717, 1.165) is 16.4 Å². The van der Waals surface area contributed by atoms with Crippen molar-refractivity contribution < 1.29 is 14.5 Å². The van der Waals surface area contributed by atoms with Crippen molar-refractivity contribution in [2.45, 2.75) is 12.8 Å². The number of benzene rings is 1. The summed E-state index contributed by atoms with van der Waals surface area (Å²) in [7, 11) is 1.41. The van der Waals surface area contributed by atoms with Crippen LogP contribution in [0.5, 0.6) is 5.75 Å². The highest BCUT2D eigenvalue weighted by atomic mass is 32.1. The second-order valence-corrected chi connectivity index (χ2v) is 8.09. The fraction of sp³-hybridized carbons (Fsp3) is 0.286. The van der Waals surface area contributed by atoms with Crippen molar-refractivity contribution >= 4 is 34.4 Å². The highest BCUT2D eigenvalue weighted by molar-refractivity contribution is 7.13. The van der Waals surface area contributed by atoms with E-state index >= 15 is 0 Å². The van der Waals surface area contributed by atoms with Crippen LogP contribution in [0.25, 0.3) is 10.6 Å². The summed E-state index contributed by atoms with van der Waals surface area (Å²) in [6.07, 6.45) is 1.35. The van der Waals surface area contributed by atoms with Crippen molar-refractivity contribution in [1.82, 2.24) is 10.2 Å². The van der Waals surface area contributed by atoms with Crippen LogP contribution in [0.2, 0.25) is 0 Å². The molecule has 0 atom stereocenters. The van der Waals surface area contributed by atoms with E-state index in [9.17, 15) is 14.9 Å². The van der Waals surface area contributed by atoms with Gasteiger partial charge in [-0.25, -0.2) is 0 Å². The lowest BCUT2D eigenvalue weighted by atomic mass is 9.95. The summed E-state index contributed by atoms with van der Waals surface area (Å²) < 4.78 is 5.19. The molecule has 10 heteroatoms. The number of nitro benzene ring substituents is 1. The molecule has 0 radical (unpaired) electrons. The van der Waals surface area contributed by atoms with E-state index in [2.05, 4.69) is 20.4 Å². The minimum atomic E-state index is -0.500. The van der Waals surface area contributed by atoms with E-state index < -0.39 is 4.92 Å². The molecule has 9 nitrogen and oxygen atoms in total. The summed E-state index contributed by atoms with van der Waals surface area (Å²) in [5.74, 6) is 0.790. The molecular weight excluding hydrogens is 418 g/mol. The number of nitrogens with one attached hydrogen (secondary N) is 1. The molecule has 1 aliphatic heterocycles. The van der Waals surface area contributed by atoms with Crippen LogP contribution < -0.4 is 15.0 Å². The van der Waals surface area contributed by atoms with Gasteiger partial charge >= 0.3 is 0 Å². The fourth-order valence-electron chi connectivity index (χ4n) is 3.55. The van der Waals surface area contributed by atoms with Gasteiger partial charge in [-0.3, -0.25) is 14.9 Å². The van der Waals surface area contributed by atoms with Crippen molar-refractivity contribution in [3.8, 4) is 16.3 Å². The lowest BCUT2D eigenvalue weighted by molar-refractivity contribution is -0.384. The molecule has 160 valence electrons. The van der Waals surface area contributed by atoms with E-state index in [1.807, 2.05) is 29.6 Å². The highest BCUT2D eigenvalue weighted by Gasteiger charge is 2.27. The molecule has 1 aromatic carbocycles. The summed E-state index contributed by atoms with van der Waals surface area (Å²) in [5.41, 5.74) is 1.19. The number of carbonyl (C=O) groups excluding carboxylic acids is 1. The van der Waals surface area contributed by atoms with Crippen LogP contribution in [0.3, 0.4) is 0 Å². The average Bonchev–Trinajstić information content (AvgIpc) is 3.34. The van der Waals surface area contributed by atoms with Gasteiger partial charge in [-0.05, 0) is 42.5 Å². The van der Waals surface area contributed by atoms with Crippen LogP contribution in [0.1, 0.15) is 12.8 Å². The van der Waals surface area contributed by atoms with Gasteiger partial charge in [0.2, 0.25) is 5.91 Å². The SMILES string of the molecule is COc1cc([N+](=O)[O-])ccc1NC(=O)C1CCN(c2ccc(-c3cccs3)nn2)CC1. The molecule has 0 spiro atoms. The summed E-state index contributed by atoms with van der Waals surface area (Å²) in [5, 5.41) is 24.4. The first kappa shape index (κ1) is 20.7. The van der Waals surface area contributed by atoms with Gasteiger partial charge in [0.1, 0.15) is 11.4 Å². The Balaban J connectivity index is 1.35. The van der Waals surface area contributed by atoms with Gasteiger partial charge < -0.3 is 15.0 Å². The Morgan fingerprint density at radius 1 is 1.23 bits per heavy atom. The minimum Gasteiger partial charge on any atom is -0.494 e. The van der Waals surface area contributed by atoms with Gasteiger partial charge in [0.15, 0.2) is 5.82 Å². The molecule has 1 saturated heterocycles. The molecule has 1 N–H and O–H groups in total. The second kappa shape index (κ2) is 9.09. The van der Waals surface area contributed by atoms with Crippen LogP contribution in [-0.2, 0) is 4.79 Å². The van der Waals surface area contributed by atoms with Crippen LogP contribution in [0.15, 0.2) is 47.8 Å². The second-order valence-electron chi connectivity index (χ2n) is 7.15. The van der Waals surface area contributed by atoms with E-state index in [4.69, 9.17) is 4.74 Å². The molecular formula is C21H21N5O4S. The molecule has 3 aromatic rings.